The Morgan fingerprint density at radius 3 is 2.10 bits per heavy atom. The van der Waals surface area contributed by atoms with Crippen molar-refractivity contribution in [2.45, 2.75) is 83.3 Å². The lowest BCUT2D eigenvalue weighted by Gasteiger charge is -2.37. The van der Waals surface area contributed by atoms with Gasteiger partial charge in [0.15, 0.2) is 5.67 Å². The van der Waals surface area contributed by atoms with Crippen LogP contribution in [0.3, 0.4) is 0 Å². The standard InChI is InChI=1S/C28H40F4N2O5/c1-25(2,3)38-23(35)18-10-12-33(13-11-18)22-14-19(28(30,31)32)8-9-20(22)21-15-34(16-27(21,29)17-37-7)24(36)39-26(4,5)6/h8-9,14,18,21H,10-13,15-17H2,1-7H3/t21-,27+/m1/s1. The van der Waals surface area contributed by atoms with Crippen molar-refractivity contribution in [3.63, 3.8) is 0 Å². The van der Waals surface area contributed by atoms with Crippen LogP contribution in [0.5, 0.6) is 0 Å². The summed E-state index contributed by atoms with van der Waals surface area (Å²) in [5.41, 5.74) is -3.75. The molecule has 2 atom stereocenters. The van der Waals surface area contributed by atoms with E-state index in [0.29, 0.717) is 31.5 Å². The highest BCUT2D eigenvalue weighted by Gasteiger charge is 2.51. The van der Waals surface area contributed by atoms with Crippen LogP contribution in [0.15, 0.2) is 18.2 Å². The number of ether oxygens (including phenoxy) is 3. The molecule has 2 aliphatic heterocycles. The number of piperidine rings is 1. The molecule has 3 rings (SSSR count). The minimum atomic E-state index is -4.60. The maximum absolute atomic E-state index is 16.4. The van der Waals surface area contributed by atoms with Crippen molar-refractivity contribution >= 4 is 17.7 Å². The van der Waals surface area contributed by atoms with Crippen LogP contribution in [0, 0.1) is 5.92 Å². The fraction of sp³-hybridized carbons (Fsp3) is 0.714. The summed E-state index contributed by atoms with van der Waals surface area (Å²) in [6, 6.07) is 3.27. The summed E-state index contributed by atoms with van der Waals surface area (Å²) >= 11 is 0. The molecule has 39 heavy (non-hydrogen) atoms. The zero-order chi connectivity index (χ0) is 29.4. The molecule has 0 saturated carbocycles. The average molecular weight is 561 g/mol. The second-order valence-electron chi connectivity index (χ2n) is 12.4. The van der Waals surface area contributed by atoms with E-state index in [9.17, 15) is 22.8 Å². The Labute approximate surface area is 227 Å². The van der Waals surface area contributed by atoms with Crippen molar-refractivity contribution in [3.05, 3.63) is 29.3 Å². The highest BCUT2D eigenvalue weighted by atomic mass is 19.4. The van der Waals surface area contributed by atoms with E-state index in [1.807, 2.05) is 0 Å². The lowest BCUT2D eigenvalue weighted by molar-refractivity contribution is -0.160. The quantitative estimate of drug-likeness (QED) is 0.327. The lowest BCUT2D eigenvalue weighted by atomic mass is 9.84. The Balaban J connectivity index is 1.94. The molecule has 0 bridgehead atoms. The number of alkyl halides is 4. The first-order valence-corrected chi connectivity index (χ1v) is 13.2. The van der Waals surface area contributed by atoms with Crippen molar-refractivity contribution in [2.24, 2.45) is 5.92 Å². The number of rotatable bonds is 5. The van der Waals surface area contributed by atoms with E-state index in [1.54, 1.807) is 46.4 Å². The van der Waals surface area contributed by atoms with Gasteiger partial charge >= 0.3 is 18.2 Å². The SMILES string of the molecule is COC[C@@]1(F)CN(C(=O)OC(C)(C)C)C[C@@H]1c1ccc(C(F)(F)F)cc1N1CCC(C(=O)OC(C)(C)C)CC1. The molecule has 0 radical (unpaired) electrons. The molecule has 0 aliphatic carbocycles. The third kappa shape index (κ3) is 7.77. The molecule has 0 N–H and O–H groups in total. The predicted octanol–water partition coefficient (Wildman–Crippen LogP) is 5.95. The number of hydrogen-bond acceptors (Lipinski definition) is 6. The molecule has 2 saturated heterocycles. The van der Waals surface area contributed by atoms with Crippen molar-refractivity contribution in [2.75, 3.05) is 44.8 Å². The van der Waals surface area contributed by atoms with Gasteiger partial charge in [-0.1, -0.05) is 6.07 Å². The Morgan fingerprint density at radius 2 is 1.59 bits per heavy atom. The number of carbonyl (C=O) groups is 2. The summed E-state index contributed by atoms with van der Waals surface area (Å²) in [5, 5.41) is 0. The fourth-order valence-electron chi connectivity index (χ4n) is 5.13. The van der Waals surface area contributed by atoms with Crippen LogP contribution in [0.1, 0.15) is 71.4 Å². The zero-order valence-corrected chi connectivity index (χ0v) is 23.8. The van der Waals surface area contributed by atoms with Gasteiger partial charge in [0.2, 0.25) is 0 Å². The number of benzene rings is 1. The second kappa shape index (κ2) is 11.1. The second-order valence-corrected chi connectivity index (χ2v) is 12.4. The van der Waals surface area contributed by atoms with Crippen LogP contribution in [0.2, 0.25) is 0 Å². The molecule has 0 spiro atoms. The first-order chi connectivity index (χ1) is 17.8. The van der Waals surface area contributed by atoms with Gasteiger partial charge in [0, 0.05) is 38.3 Å². The summed E-state index contributed by atoms with van der Waals surface area (Å²) in [5.74, 6) is -1.67. The first-order valence-electron chi connectivity index (χ1n) is 13.2. The fourth-order valence-corrected chi connectivity index (χ4v) is 5.13. The van der Waals surface area contributed by atoms with Gasteiger partial charge < -0.3 is 24.0 Å². The number of hydrogen-bond donors (Lipinski definition) is 0. The number of amides is 1. The van der Waals surface area contributed by atoms with Gasteiger partial charge in [0.25, 0.3) is 0 Å². The van der Waals surface area contributed by atoms with Gasteiger partial charge in [-0.2, -0.15) is 13.2 Å². The molecule has 0 unspecified atom stereocenters. The first kappa shape index (κ1) is 31.0. The highest BCUT2D eigenvalue weighted by Crippen LogP contribution is 2.45. The van der Waals surface area contributed by atoms with Crippen LogP contribution >= 0.6 is 0 Å². The largest absolute Gasteiger partial charge is 0.460 e. The molecule has 220 valence electrons. The molecular weight excluding hydrogens is 520 g/mol. The van der Waals surface area contributed by atoms with Gasteiger partial charge in [-0.05, 0) is 72.1 Å². The maximum atomic E-state index is 16.4. The highest BCUT2D eigenvalue weighted by molar-refractivity contribution is 5.73. The van der Waals surface area contributed by atoms with E-state index in [0.717, 1.165) is 12.1 Å². The van der Waals surface area contributed by atoms with Crippen LogP contribution in [0.25, 0.3) is 0 Å². The Kier molecular flexibility index (Phi) is 8.84. The smallest absolute Gasteiger partial charge is 0.416 e. The Morgan fingerprint density at radius 1 is 1.00 bits per heavy atom. The predicted molar refractivity (Wildman–Crippen MR) is 138 cm³/mol. The molecule has 7 nitrogen and oxygen atoms in total. The third-order valence-electron chi connectivity index (χ3n) is 6.83. The zero-order valence-electron chi connectivity index (χ0n) is 23.8. The normalized spacial score (nSPS) is 23.2. The summed E-state index contributed by atoms with van der Waals surface area (Å²) in [6.45, 7) is 10.3. The topological polar surface area (TPSA) is 68.3 Å². The van der Waals surface area contributed by atoms with E-state index in [1.165, 1.54) is 18.1 Å². The molecule has 2 heterocycles. The summed E-state index contributed by atoms with van der Waals surface area (Å²) in [4.78, 5) is 28.4. The number of methoxy groups -OCH3 is 1. The molecule has 1 aromatic carbocycles. The van der Waals surface area contributed by atoms with E-state index in [-0.39, 0.29) is 37.3 Å². The Hall–Kier alpha value is -2.56. The van der Waals surface area contributed by atoms with Crippen LogP contribution in [0.4, 0.5) is 28.0 Å². The molecule has 1 aromatic rings. The lowest BCUT2D eigenvalue weighted by Crippen LogP contribution is -2.41. The van der Waals surface area contributed by atoms with Crippen molar-refractivity contribution < 1.29 is 41.4 Å². The molecule has 2 fully saturated rings. The Bertz CT molecular complexity index is 1040. The summed E-state index contributed by atoms with van der Waals surface area (Å²) < 4.78 is 73.7. The maximum Gasteiger partial charge on any atom is 0.416 e. The number of anilines is 1. The minimum absolute atomic E-state index is 0.0818. The number of esters is 1. The van der Waals surface area contributed by atoms with Gasteiger partial charge in [-0.15, -0.1) is 0 Å². The van der Waals surface area contributed by atoms with E-state index in [2.05, 4.69) is 0 Å². The number of carbonyl (C=O) groups excluding carboxylic acids is 2. The number of nitrogens with zero attached hydrogens (tertiary/aromatic N) is 2. The third-order valence-corrected chi connectivity index (χ3v) is 6.83. The van der Waals surface area contributed by atoms with Crippen molar-refractivity contribution in [1.82, 2.24) is 4.90 Å². The number of likely N-dealkylation sites (tertiary alicyclic amines) is 1. The van der Waals surface area contributed by atoms with Gasteiger partial charge in [0.05, 0.1) is 24.6 Å². The van der Waals surface area contributed by atoms with E-state index < -0.39 is 40.6 Å². The van der Waals surface area contributed by atoms with Gasteiger partial charge in [-0.3, -0.25) is 4.79 Å². The number of halogens is 4. The summed E-state index contributed by atoms with van der Waals surface area (Å²) in [6.07, 6.45) is -4.52. The van der Waals surface area contributed by atoms with Crippen LogP contribution in [-0.2, 0) is 25.2 Å². The van der Waals surface area contributed by atoms with Crippen molar-refractivity contribution in [3.8, 4) is 0 Å². The minimum Gasteiger partial charge on any atom is -0.460 e. The summed E-state index contributed by atoms with van der Waals surface area (Å²) in [7, 11) is 1.34. The molecule has 1 amide bonds. The van der Waals surface area contributed by atoms with E-state index in [4.69, 9.17) is 14.2 Å². The molecule has 0 aromatic heterocycles. The average Bonchev–Trinajstić information content (AvgIpc) is 3.13. The van der Waals surface area contributed by atoms with Crippen molar-refractivity contribution in [1.29, 1.82) is 0 Å². The molecular formula is C28H40F4N2O5. The monoisotopic (exact) mass is 560 g/mol. The van der Waals surface area contributed by atoms with Crippen LogP contribution in [-0.4, -0.2) is 73.7 Å². The van der Waals surface area contributed by atoms with Crippen LogP contribution < -0.4 is 4.90 Å². The van der Waals surface area contributed by atoms with Gasteiger partial charge in [-0.25, -0.2) is 9.18 Å². The van der Waals surface area contributed by atoms with Gasteiger partial charge in [0.1, 0.15) is 11.2 Å². The molecule has 11 heteroatoms. The molecule has 2 aliphatic rings. The van der Waals surface area contributed by atoms with E-state index >= 15 is 4.39 Å².